The first-order chi connectivity index (χ1) is 21.0. The quantitative estimate of drug-likeness (QED) is 0.283. The monoisotopic (exact) mass is 585 g/mol. The third kappa shape index (κ3) is 5.47. The van der Waals surface area contributed by atoms with Gasteiger partial charge in [0.2, 0.25) is 0 Å². The Morgan fingerprint density at radius 3 is 2.91 bits per heavy atom. The number of nitrogens with one attached hydrogen (secondary N) is 1. The number of aliphatic hydroxyl groups is 1. The van der Waals surface area contributed by atoms with Crippen LogP contribution in [-0.2, 0) is 22.6 Å². The Labute approximate surface area is 247 Å². The van der Waals surface area contributed by atoms with Crippen molar-refractivity contribution >= 4 is 10.9 Å². The fraction of sp³-hybridized carbons (Fsp3) is 0.452. The predicted molar refractivity (Wildman–Crippen MR) is 157 cm³/mol. The number of rotatable bonds is 9. The van der Waals surface area contributed by atoms with E-state index in [0.717, 1.165) is 36.0 Å². The van der Waals surface area contributed by atoms with Crippen LogP contribution in [0.15, 0.2) is 77.2 Å². The largest absolute Gasteiger partial charge is 0.390 e. The van der Waals surface area contributed by atoms with Crippen molar-refractivity contribution in [2.45, 2.75) is 63.0 Å². The average Bonchev–Trinajstić information content (AvgIpc) is 3.63. The van der Waals surface area contributed by atoms with Crippen LogP contribution < -0.4 is 11.2 Å². The van der Waals surface area contributed by atoms with E-state index >= 15 is 0 Å². The van der Waals surface area contributed by atoms with Gasteiger partial charge in [0.15, 0.2) is 0 Å². The van der Waals surface area contributed by atoms with Crippen LogP contribution in [0.1, 0.15) is 42.9 Å². The summed E-state index contributed by atoms with van der Waals surface area (Å²) in [6.45, 7) is 6.65. The molecule has 0 radical (unpaired) electrons. The zero-order chi connectivity index (χ0) is 29.5. The molecule has 0 amide bonds. The van der Waals surface area contributed by atoms with E-state index in [2.05, 4.69) is 50.0 Å². The molecule has 0 saturated carbocycles. The number of hydrogen-bond donors (Lipinski definition) is 2. The fourth-order valence-corrected chi connectivity index (χ4v) is 7.02. The first-order valence-electron chi connectivity index (χ1n) is 14.8. The zero-order valence-corrected chi connectivity index (χ0v) is 23.7. The lowest BCUT2D eigenvalue weighted by Crippen LogP contribution is -2.55. The summed E-state index contributed by atoms with van der Waals surface area (Å²) in [5, 5.41) is 20.3. The minimum absolute atomic E-state index is 0.178. The summed E-state index contributed by atoms with van der Waals surface area (Å²) in [4.78, 5) is 32.9. The van der Waals surface area contributed by atoms with Crippen LogP contribution >= 0.6 is 0 Å². The number of nitrogens with zero attached hydrogens (tertiary/aromatic N) is 6. The van der Waals surface area contributed by atoms with E-state index in [1.54, 1.807) is 10.9 Å². The Morgan fingerprint density at radius 2 is 2.09 bits per heavy atom. The SMILES string of the molecule is C=CC1CN2CCC1CC2C(OCc1cn(CC2OC(n3ccc(=O)[nH]c3=O)CC2O)nn1)c1ccnc2ccccc12. The normalized spacial score (nSPS) is 29.2. The summed E-state index contributed by atoms with van der Waals surface area (Å²) in [6, 6.07) is 11.7. The van der Waals surface area contributed by atoms with Gasteiger partial charge in [-0.15, -0.1) is 11.7 Å². The van der Waals surface area contributed by atoms with Gasteiger partial charge in [0.25, 0.3) is 5.56 Å². The van der Waals surface area contributed by atoms with E-state index in [1.165, 1.54) is 23.3 Å². The first-order valence-corrected chi connectivity index (χ1v) is 14.8. The van der Waals surface area contributed by atoms with E-state index in [1.807, 2.05) is 24.4 Å². The van der Waals surface area contributed by atoms with Crippen molar-refractivity contribution in [3.8, 4) is 0 Å². The molecule has 2 N–H and O–H groups in total. The highest BCUT2D eigenvalue weighted by Crippen LogP contribution is 2.43. The molecule has 0 spiro atoms. The van der Waals surface area contributed by atoms with Crippen molar-refractivity contribution in [3.05, 3.63) is 99.7 Å². The standard InChI is InChI=1S/C31H35N7O5/c1-2-19-15-36-11-8-20(19)13-25(36)30(23-7-10-32-24-6-4-3-5-22(23)24)42-18-21-16-37(35-34-21)17-27-26(39)14-29(43-27)38-12-9-28(40)33-31(38)41/h2-7,9-10,12,16,19-20,25-27,29-30,39H,1,8,11,13-15,17-18H2,(H,33,40,41). The maximum atomic E-state index is 12.2. The number of ether oxygens (including phenoxy) is 2. The van der Waals surface area contributed by atoms with Crippen molar-refractivity contribution in [1.29, 1.82) is 0 Å². The lowest BCUT2D eigenvalue weighted by molar-refractivity contribution is -0.0809. The molecule has 224 valence electrons. The van der Waals surface area contributed by atoms with Crippen LogP contribution in [0.5, 0.6) is 0 Å². The second-order valence-electron chi connectivity index (χ2n) is 11.8. The van der Waals surface area contributed by atoms with Crippen LogP contribution in [0.2, 0.25) is 0 Å². The Hall–Kier alpha value is -3.97. The van der Waals surface area contributed by atoms with E-state index < -0.39 is 29.7 Å². The van der Waals surface area contributed by atoms with Gasteiger partial charge in [-0.1, -0.05) is 29.5 Å². The number of para-hydroxylation sites is 1. The van der Waals surface area contributed by atoms with E-state index in [9.17, 15) is 14.7 Å². The molecular weight excluding hydrogens is 550 g/mol. The Balaban J connectivity index is 1.07. The number of H-pyrrole nitrogens is 1. The number of piperidine rings is 3. The second kappa shape index (κ2) is 11.6. The molecule has 4 fully saturated rings. The molecule has 8 atom stereocenters. The molecule has 1 aromatic carbocycles. The maximum absolute atomic E-state index is 12.2. The number of fused-ring (bicyclic) bond motifs is 4. The van der Waals surface area contributed by atoms with Gasteiger partial charge in [0.05, 0.1) is 37.1 Å². The molecule has 7 heterocycles. The van der Waals surface area contributed by atoms with Crippen molar-refractivity contribution < 1.29 is 14.6 Å². The van der Waals surface area contributed by atoms with Gasteiger partial charge < -0.3 is 14.6 Å². The summed E-state index contributed by atoms with van der Waals surface area (Å²) in [6.07, 6.45) is 7.30. The number of aromatic amines is 1. The number of aromatic nitrogens is 6. The second-order valence-corrected chi connectivity index (χ2v) is 11.8. The van der Waals surface area contributed by atoms with Crippen LogP contribution in [0, 0.1) is 11.8 Å². The number of pyridine rings is 1. The molecule has 4 aliphatic heterocycles. The van der Waals surface area contributed by atoms with Gasteiger partial charge in [0, 0.05) is 42.9 Å². The molecule has 8 unspecified atom stereocenters. The molecule has 0 aliphatic carbocycles. The molecule has 12 nitrogen and oxygen atoms in total. The van der Waals surface area contributed by atoms with Crippen LogP contribution in [-0.4, -0.2) is 70.9 Å². The van der Waals surface area contributed by atoms with Crippen LogP contribution in [0.3, 0.4) is 0 Å². The van der Waals surface area contributed by atoms with Gasteiger partial charge in [-0.3, -0.25) is 24.2 Å². The average molecular weight is 586 g/mol. The smallest absolute Gasteiger partial charge is 0.330 e. The molecule has 4 saturated heterocycles. The van der Waals surface area contributed by atoms with Gasteiger partial charge in [-0.2, -0.15) is 0 Å². The minimum atomic E-state index is -0.813. The summed E-state index contributed by atoms with van der Waals surface area (Å²) >= 11 is 0. The Bertz CT molecular complexity index is 1730. The molecule has 4 aromatic rings. The van der Waals surface area contributed by atoms with Gasteiger partial charge >= 0.3 is 5.69 Å². The number of aliphatic hydroxyl groups excluding tert-OH is 1. The maximum Gasteiger partial charge on any atom is 0.330 e. The number of benzene rings is 1. The Morgan fingerprint density at radius 1 is 1.21 bits per heavy atom. The summed E-state index contributed by atoms with van der Waals surface area (Å²) in [5.74, 6) is 1.11. The highest BCUT2D eigenvalue weighted by molar-refractivity contribution is 5.82. The van der Waals surface area contributed by atoms with Crippen molar-refractivity contribution in [1.82, 2.24) is 34.4 Å². The van der Waals surface area contributed by atoms with Crippen molar-refractivity contribution in [3.63, 3.8) is 0 Å². The highest BCUT2D eigenvalue weighted by Gasteiger charge is 2.43. The molecule has 3 aromatic heterocycles. The molecule has 12 heteroatoms. The third-order valence-electron chi connectivity index (χ3n) is 9.22. The first kappa shape index (κ1) is 27.8. The van der Waals surface area contributed by atoms with E-state index in [4.69, 9.17) is 9.47 Å². The van der Waals surface area contributed by atoms with Gasteiger partial charge in [0.1, 0.15) is 18.0 Å². The molecular formula is C31H35N7O5. The predicted octanol–water partition coefficient (Wildman–Crippen LogP) is 2.18. The zero-order valence-electron chi connectivity index (χ0n) is 23.7. The van der Waals surface area contributed by atoms with Crippen LogP contribution in [0.25, 0.3) is 10.9 Å². The van der Waals surface area contributed by atoms with Gasteiger partial charge in [-0.05, 0) is 48.9 Å². The summed E-state index contributed by atoms with van der Waals surface area (Å²) in [5.41, 5.74) is 1.67. The van der Waals surface area contributed by atoms with Crippen molar-refractivity contribution in [2.24, 2.45) is 11.8 Å². The highest BCUT2D eigenvalue weighted by atomic mass is 16.5. The minimum Gasteiger partial charge on any atom is -0.390 e. The van der Waals surface area contributed by atoms with E-state index in [-0.39, 0.29) is 31.7 Å². The lowest BCUT2D eigenvalue weighted by Gasteiger charge is -2.51. The summed E-state index contributed by atoms with van der Waals surface area (Å²) < 4.78 is 15.6. The van der Waals surface area contributed by atoms with Gasteiger partial charge in [-0.25, -0.2) is 9.48 Å². The topological polar surface area (TPSA) is 140 Å². The Kier molecular flexibility index (Phi) is 7.51. The molecule has 43 heavy (non-hydrogen) atoms. The van der Waals surface area contributed by atoms with Crippen molar-refractivity contribution in [2.75, 3.05) is 13.1 Å². The van der Waals surface area contributed by atoms with Crippen LogP contribution in [0.4, 0.5) is 0 Å². The van der Waals surface area contributed by atoms with E-state index in [0.29, 0.717) is 17.5 Å². The number of hydrogen-bond acceptors (Lipinski definition) is 9. The molecule has 4 aliphatic rings. The molecule has 2 bridgehead atoms. The molecule has 8 rings (SSSR count). The third-order valence-corrected chi connectivity index (χ3v) is 9.22. The lowest BCUT2D eigenvalue weighted by atomic mass is 9.73. The summed E-state index contributed by atoms with van der Waals surface area (Å²) in [7, 11) is 0. The fourth-order valence-electron chi connectivity index (χ4n) is 7.02.